The maximum absolute atomic E-state index is 9.08. The van der Waals surface area contributed by atoms with Gasteiger partial charge in [-0.3, -0.25) is 0 Å². The monoisotopic (exact) mass is 148 g/mol. The quantitative estimate of drug-likeness (QED) is 0.525. The van der Waals surface area contributed by atoms with Gasteiger partial charge in [-0.25, -0.2) is 0 Å². The van der Waals surface area contributed by atoms with E-state index in [9.17, 15) is 0 Å². The molecule has 0 saturated carbocycles. The fourth-order valence-corrected chi connectivity index (χ4v) is 0.887. The van der Waals surface area contributed by atoms with Crippen molar-refractivity contribution in [3.63, 3.8) is 0 Å². The van der Waals surface area contributed by atoms with Gasteiger partial charge in [0.1, 0.15) is 12.2 Å². The van der Waals surface area contributed by atoms with Gasteiger partial charge in [-0.05, 0) is 0 Å². The van der Waals surface area contributed by atoms with Gasteiger partial charge in [-0.2, -0.15) is 0 Å². The Morgan fingerprint density at radius 1 is 1.50 bits per heavy atom. The summed E-state index contributed by atoms with van der Waals surface area (Å²) in [5.74, 6) is 0. The Labute approximate surface area is 59.4 Å². The second-order valence-electron chi connectivity index (χ2n) is 2.24. The van der Waals surface area contributed by atoms with Crippen LogP contribution in [0.15, 0.2) is 0 Å². The van der Waals surface area contributed by atoms with E-state index < -0.39 is 6.10 Å². The lowest BCUT2D eigenvalue weighted by Crippen LogP contribution is -2.27. The van der Waals surface area contributed by atoms with Gasteiger partial charge in [0.15, 0.2) is 0 Å². The third kappa shape index (κ3) is 1.91. The van der Waals surface area contributed by atoms with Crippen LogP contribution in [0.3, 0.4) is 0 Å². The molecule has 2 N–H and O–H groups in total. The Morgan fingerprint density at radius 3 is 2.80 bits per heavy atom. The van der Waals surface area contributed by atoms with Crippen molar-refractivity contribution >= 4 is 0 Å². The van der Waals surface area contributed by atoms with Gasteiger partial charge < -0.3 is 19.7 Å². The molecule has 1 unspecified atom stereocenters. The van der Waals surface area contributed by atoms with Crippen molar-refractivity contribution in [3.8, 4) is 0 Å². The van der Waals surface area contributed by atoms with Crippen LogP contribution in [0.4, 0.5) is 0 Å². The molecule has 1 aliphatic heterocycles. The Kier molecular flexibility index (Phi) is 3.08. The molecule has 1 saturated heterocycles. The maximum Gasteiger partial charge on any atom is 0.109 e. The zero-order valence-corrected chi connectivity index (χ0v) is 5.69. The number of hydrogen-bond donors (Lipinski definition) is 2. The summed E-state index contributed by atoms with van der Waals surface area (Å²) in [6.45, 7) is 1.03. The van der Waals surface area contributed by atoms with E-state index in [-0.39, 0.29) is 19.3 Å². The van der Waals surface area contributed by atoms with Crippen molar-refractivity contribution in [1.29, 1.82) is 0 Å². The lowest BCUT2D eigenvalue weighted by molar-refractivity contribution is -0.0224. The highest BCUT2D eigenvalue weighted by atomic mass is 16.6. The molecule has 0 aliphatic carbocycles. The summed E-state index contributed by atoms with van der Waals surface area (Å²) < 4.78 is 9.95. The molecule has 4 heteroatoms. The standard InChI is InChI=1S/C6H12O4/c7-1-2-10-6-4-9-3-5(6)8/h5-8H,1-4H2/t5?,6-/m0/s1. The summed E-state index contributed by atoms with van der Waals surface area (Å²) in [7, 11) is 0. The largest absolute Gasteiger partial charge is 0.394 e. The SMILES string of the molecule is OCCO[C@H]1COCC1O. The van der Waals surface area contributed by atoms with E-state index in [1.807, 2.05) is 0 Å². The summed E-state index contributed by atoms with van der Waals surface area (Å²) in [5, 5.41) is 17.4. The molecule has 1 fully saturated rings. The van der Waals surface area contributed by atoms with Crippen LogP contribution in [0.25, 0.3) is 0 Å². The lowest BCUT2D eigenvalue weighted by Gasteiger charge is -2.11. The number of hydrogen-bond acceptors (Lipinski definition) is 4. The minimum Gasteiger partial charge on any atom is -0.394 e. The molecule has 1 heterocycles. The van der Waals surface area contributed by atoms with Crippen LogP contribution in [0.5, 0.6) is 0 Å². The topological polar surface area (TPSA) is 58.9 Å². The molecule has 1 rings (SSSR count). The first-order valence-electron chi connectivity index (χ1n) is 3.33. The molecule has 2 atom stereocenters. The van der Waals surface area contributed by atoms with E-state index in [1.54, 1.807) is 0 Å². The first kappa shape index (κ1) is 7.94. The summed E-state index contributed by atoms with van der Waals surface area (Å²) >= 11 is 0. The van der Waals surface area contributed by atoms with E-state index in [2.05, 4.69) is 0 Å². The van der Waals surface area contributed by atoms with Crippen molar-refractivity contribution < 1.29 is 19.7 Å². The summed E-state index contributed by atoms with van der Waals surface area (Å²) in [5.41, 5.74) is 0. The van der Waals surface area contributed by atoms with Crippen molar-refractivity contribution in [1.82, 2.24) is 0 Å². The Balaban J connectivity index is 2.14. The van der Waals surface area contributed by atoms with Crippen molar-refractivity contribution in [2.45, 2.75) is 12.2 Å². The molecule has 0 aromatic heterocycles. The van der Waals surface area contributed by atoms with Crippen LogP contribution in [0, 0.1) is 0 Å². The molecule has 10 heavy (non-hydrogen) atoms. The molecule has 0 spiro atoms. The van der Waals surface area contributed by atoms with Gasteiger partial charge in [0, 0.05) is 0 Å². The maximum atomic E-state index is 9.08. The first-order chi connectivity index (χ1) is 4.84. The predicted octanol–water partition coefficient (Wildman–Crippen LogP) is -1.24. The minimum absolute atomic E-state index is 0.0107. The molecule has 0 aromatic carbocycles. The van der Waals surface area contributed by atoms with E-state index in [0.717, 1.165) is 0 Å². The fraction of sp³-hybridized carbons (Fsp3) is 1.00. The highest BCUT2D eigenvalue weighted by Gasteiger charge is 2.26. The van der Waals surface area contributed by atoms with Crippen molar-refractivity contribution in [3.05, 3.63) is 0 Å². The smallest absolute Gasteiger partial charge is 0.109 e. The van der Waals surface area contributed by atoms with E-state index in [1.165, 1.54) is 0 Å². The van der Waals surface area contributed by atoms with E-state index in [4.69, 9.17) is 19.7 Å². The normalized spacial score (nSPS) is 33.0. The van der Waals surface area contributed by atoms with Crippen LogP contribution >= 0.6 is 0 Å². The molecule has 0 radical (unpaired) electrons. The van der Waals surface area contributed by atoms with Gasteiger partial charge in [-0.15, -0.1) is 0 Å². The van der Waals surface area contributed by atoms with Crippen LogP contribution in [0.1, 0.15) is 0 Å². The third-order valence-electron chi connectivity index (χ3n) is 1.42. The number of rotatable bonds is 3. The molecular formula is C6H12O4. The Bertz CT molecular complexity index is 95.7. The Hall–Kier alpha value is -0.160. The van der Waals surface area contributed by atoms with Gasteiger partial charge >= 0.3 is 0 Å². The highest BCUT2D eigenvalue weighted by molar-refractivity contribution is 4.73. The lowest BCUT2D eigenvalue weighted by atomic mass is 10.3. The number of ether oxygens (including phenoxy) is 2. The minimum atomic E-state index is -0.522. The second kappa shape index (κ2) is 3.88. The highest BCUT2D eigenvalue weighted by Crippen LogP contribution is 2.08. The molecular weight excluding hydrogens is 136 g/mol. The molecule has 0 aromatic rings. The fourth-order valence-electron chi connectivity index (χ4n) is 0.887. The zero-order chi connectivity index (χ0) is 7.40. The summed E-state index contributed by atoms with van der Waals surface area (Å²) in [4.78, 5) is 0. The van der Waals surface area contributed by atoms with Gasteiger partial charge in [0.2, 0.25) is 0 Å². The second-order valence-corrected chi connectivity index (χ2v) is 2.24. The van der Waals surface area contributed by atoms with E-state index in [0.29, 0.717) is 13.2 Å². The first-order valence-corrected chi connectivity index (χ1v) is 3.33. The molecule has 0 bridgehead atoms. The summed E-state index contributed by atoms with van der Waals surface area (Å²) in [6.07, 6.45) is -0.765. The molecule has 1 aliphatic rings. The van der Waals surface area contributed by atoms with Gasteiger partial charge in [-0.1, -0.05) is 0 Å². The molecule has 60 valence electrons. The van der Waals surface area contributed by atoms with Crippen molar-refractivity contribution in [2.75, 3.05) is 26.4 Å². The Morgan fingerprint density at radius 2 is 2.30 bits per heavy atom. The third-order valence-corrected chi connectivity index (χ3v) is 1.42. The van der Waals surface area contributed by atoms with Crippen molar-refractivity contribution in [2.24, 2.45) is 0 Å². The molecule has 4 nitrogen and oxygen atoms in total. The number of aliphatic hydroxyl groups is 2. The predicted molar refractivity (Wildman–Crippen MR) is 33.7 cm³/mol. The van der Waals surface area contributed by atoms with E-state index >= 15 is 0 Å². The van der Waals surface area contributed by atoms with Crippen LogP contribution in [-0.2, 0) is 9.47 Å². The van der Waals surface area contributed by atoms with Gasteiger partial charge in [0.25, 0.3) is 0 Å². The average molecular weight is 148 g/mol. The molecule has 0 amide bonds. The van der Waals surface area contributed by atoms with Crippen LogP contribution < -0.4 is 0 Å². The van der Waals surface area contributed by atoms with Crippen LogP contribution in [-0.4, -0.2) is 48.8 Å². The van der Waals surface area contributed by atoms with Crippen LogP contribution in [0.2, 0.25) is 0 Å². The summed E-state index contributed by atoms with van der Waals surface area (Å²) in [6, 6.07) is 0. The number of aliphatic hydroxyl groups excluding tert-OH is 2. The average Bonchev–Trinajstić information content (AvgIpc) is 2.31. The van der Waals surface area contributed by atoms with Gasteiger partial charge in [0.05, 0.1) is 26.4 Å². The zero-order valence-electron chi connectivity index (χ0n) is 5.69.